The molecule has 0 heterocycles. The Kier molecular flexibility index (Phi) is 55.0. The Morgan fingerprint density at radius 3 is 1.19 bits per heavy atom. The highest BCUT2D eigenvalue weighted by Crippen LogP contribution is 2.43. The number of hydrogen-bond acceptors (Lipinski definition) is 5. The van der Waals surface area contributed by atoms with Gasteiger partial charge in [-0.2, -0.15) is 0 Å². The average Bonchev–Trinajstić information content (AvgIpc) is 3.36. The minimum absolute atomic E-state index is 0.0748. The maximum atomic E-state index is 13.0. The monoisotopic (exact) mass is 1060 g/mol. The number of carbonyl (C=O) groups is 1. The molecule has 436 valence electrons. The van der Waals surface area contributed by atoms with Crippen LogP contribution in [0.15, 0.2) is 48.6 Å². The van der Waals surface area contributed by atoms with Crippen LogP contribution in [-0.4, -0.2) is 73.4 Å². The highest BCUT2D eigenvalue weighted by molar-refractivity contribution is 7.47. The predicted octanol–water partition coefficient (Wildman–Crippen LogP) is 19.9. The van der Waals surface area contributed by atoms with Crippen molar-refractivity contribution in [2.45, 2.75) is 321 Å². The summed E-state index contributed by atoms with van der Waals surface area (Å²) in [5, 5.41) is 14.1. The summed E-state index contributed by atoms with van der Waals surface area (Å²) in [5.41, 5.74) is 0. The van der Waals surface area contributed by atoms with E-state index in [-0.39, 0.29) is 19.1 Å². The lowest BCUT2D eigenvalue weighted by atomic mass is 10.0. The van der Waals surface area contributed by atoms with Crippen molar-refractivity contribution < 1.29 is 32.9 Å². The highest BCUT2D eigenvalue weighted by atomic mass is 31.2. The van der Waals surface area contributed by atoms with E-state index < -0.39 is 20.0 Å². The number of unbranched alkanes of at least 4 members (excludes halogenated alkanes) is 38. The van der Waals surface area contributed by atoms with Crippen LogP contribution in [-0.2, 0) is 18.4 Å². The fourth-order valence-electron chi connectivity index (χ4n) is 9.63. The van der Waals surface area contributed by atoms with E-state index in [9.17, 15) is 19.4 Å². The topological polar surface area (TPSA) is 105 Å². The first-order valence-corrected chi connectivity index (χ1v) is 33.5. The predicted molar refractivity (Wildman–Crippen MR) is 323 cm³/mol. The van der Waals surface area contributed by atoms with Gasteiger partial charge in [-0.05, 0) is 51.4 Å². The fourth-order valence-corrected chi connectivity index (χ4v) is 10.4. The van der Waals surface area contributed by atoms with E-state index in [0.29, 0.717) is 23.9 Å². The molecule has 8 nitrogen and oxygen atoms in total. The lowest BCUT2D eigenvalue weighted by Gasteiger charge is -2.26. The van der Waals surface area contributed by atoms with Crippen molar-refractivity contribution in [1.29, 1.82) is 0 Å². The van der Waals surface area contributed by atoms with Crippen LogP contribution in [0.2, 0.25) is 0 Å². The van der Waals surface area contributed by atoms with Crippen LogP contribution in [0, 0.1) is 0 Å². The van der Waals surface area contributed by atoms with Gasteiger partial charge in [0.2, 0.25) is 5.91 Å². The number of rotatable bonds is 59. The van der Waals surface area contributed by atoms with Gasteiger partial charge in [0.05, 0.1) is 39.9 Å². The highest BCUT2D eigenvalue weighted by Gasteiger charge is 2.28. The Hall–Kier alpha value is -1.54. The number of phosphoric ester groups is 1. The van der Waals surface area contributed by atoms with Crippen molar-refractivity contribution in [2.75, 3.05) is 40.9 Å². The molecule has 0 aliphatic carbocycles. The van der Waals surface area contributed by atoms with Gasteiger partial charge in [-0.25, -0.2) is 4.57 Å². The Morgan fingerprint density at radius 1 is 0.473 bits per heavy atom. The van der Waals surface area contributed by atoms with E-state index in [4.69, 9.17) is 9.05 Å². The fraction of sp³-hybridized carbons (Fsp3) is 0.862. The summed E-state index contributed by atoms with van der Waals surface area (Å²) >= 11 is 0. The molecule has 74 heavy (non-hydrogen) atoms. The average molecular weight is 1060 g/mol. The van der Waals surface area contributed by atoms with Gasteiger partial charge in [-0.1, -0.05) is 300 Å². The molecule has 3 unspecified atom stereocenters. The van der Waals surface area contributed by atoms with Crippen molar-refractivity contribution in [3.63, 3.8) is 0 Å². The number of nitrogens with one attached hydrogen (secondary N) is 1. The zero-order valence-corrected chi connectivity index (χ0v) is 50.7. The molecule has 0 aromatic carbocycles. The second kappa shape index (κ2) is 56.2. The van der Waals surface area contributed by atoms with Crippen LogP contribution in [0.1, 0.15) is 309 Å². The van der Waals surface area contributed by atoms with Crippen LogP contribution in [0.3, 0.4) is 0 Å². The number of aliphatic hydroxyl groups excluding tert-OH is 1. The molecule has 0 bridgehead atoms. The largest absolute Gasteiger partial charge is 0.472 e. The van der Waals surface area contributed by atoms with Gasteiger partial charge in [0.25, 0.3) is 0 Å². The number of amides is 1. The van der Waals surface area contributed by atoms with Crippen molar-refractivity contribution in [3.8, 4) is 0 Å². The second-order valence-corrected chi connectivity index (χ2v) is 24.6. The number of allylic oxidation sites excluding steroid dienone is 8. The van der Waals surface area contributed by atoms with Crippen molar-refractivity contribution in [3.05, 3.63) is 48.6 Å². The molecule has 1 amide bonds. The molecule has 3 atom stereocenters. The van der Waals surface area contributed by atoms with Crippen LogP contribution >= 0.6 is 7.82 Å². The first-order chi connectivity index (χ1) is 36.0. The Morgan fingerprint density at radius 2 is 0.811 bits per heavy atom. The number of quaternary nitrogens is 1. The molecule has 0 radical (unpaired) electrons. The van der Waals surface area contributed by atoms with Gasteiger partial charge in [0.1, 0.15) is 13.2 Å². The van der Waals surface area contributed by atoms with Crippen molar-refractivity contribution in [2.24, 2.45) is 0 Å². The number of carbonyl (C=O) groups excluding carboxylic acids is 1. The van der Waals surface area contributed by atoms with Gasteiger partial charge in [-0.3, -0.25) is 13.8 Å². The molecule has 0 aliphatic heterocycles. The van der Waals surface area contributed by atoms with Crippen LogP contribution in [0.25, 0.3) is 0 Å². The third-order valence-corrected chi connectivity index (χ3v) is 15.6. The summed E-state index contributed by atoms with van der Waals surface area (Å²) in [5.74, 6) is -0.142. The number of likely N-dealkylation sites (N-methyl/N-ethyl adjacent to an activating group) is 1. The van der Waals surface area contributed by atoms with E-state index in [1.54, 1.807) is 0 Å². The minimum Gasteiger partial charge on any atom is -0.391 e. The summed E-state index contributed by atoms with van der Waals surface area (Å²) in [6, 6.07) is -0.763. The summed E-state index contributed by atoms with van der Waals surface area (Å²) < 4.78 is 23.9. The molecule has 0 spiro atoms. The molecule has 0 aromatic heterocycles. The lowest BCUT2D eigenvalue weighted by Crippen LogP contribution is -2.46. The Labute approximate surface area is 460 Å². The van der Waals surface area contributed by atoms with Crippen molar-refractivity contribution >= 4 is 13.7 Å². The van der Waals surface area contributed by atoms with Gasteiger partial charge >= 0.3 is 7.82 Å². The van der Waals surface area contributed by atoms with E-state index >= 15 is 0 Å². The summed E-state index contributed by atoms with van der Waals surface area (Å²) in [6.07, 6.45) is 74.7. The standard InChI is InChI=1S/C65H125N2O6P/c1-6-8-10-12-14-16-18-20-22-24-26-28-30-32-33-35-37-39-41-43-45-47-49-51-53-55-57-59-65(69)66-63(62-73-74(70,71)72-61-60-67(3,4)5)64(68)58-56-54-52-50-48-46-44-42-40-38-36-34-31-29-27-25-23-21-19-17-15-13-11-9-7-2/h8,10,14,16,20,22,26,28,63-64,68H,6-7,9,11-13,15,17-19,21,23-25,27,29-62H2,1-5H3,(H-,66,69,70,71)/p+1/b10-8-,16-14-,22-20-,28-26-. The lowest BCUT2D eigenvalue weighted by molar-refractivity contribution is -0.870. The molecule has 0 fully saturated rings. The summed E-state index contributed by atoms with van der Waals surface area (Å²) in [4.78, 5) is 23.4. The number of hydrogen-bond donors (Lipinski definition) is 3. The smallest absolute Gasteiger partial charge is 0.391 e. The number of aliphatic hydroxyl groups is 1. The Bertz CT molecular complexity index is 1340. The van der Waals surface area contributed by atoms with E-state index in [1.165, 1.54) is 218 Å². The van der Waals surface area contributed by atoms with E-state index in [0.717, 1.165) is 64.2 Å². The van der Waals surface area contributed by atoms with E-state index in [1.807, 2.05) is 21.1 Å². The Balaban J connectivity index is 4.09. The SMILES string of the molecule is CC/C=C\C/C=C\C/C=C\C/C=C\CCCCCCCCCCCCCCCCC(=O)NC(COP(=O)(O)OCC[N+](C)(C)C)C(O)CCCCCCCCCCCCCCCCCCCCCCCCCCC. The molecular formula is C65H126N2O6P+. The molecule has 0 saturated carbocycles. The molecule has 0 aromatic rings. The summed E-state index contributed by atoms with van der Waals surface area (Å²) in [6.45, 7) is 4.82. The molecular weight excluding hydrogens is 936 g/mol. The first kappa shape index (κ1) is 72.5. The zero-order valence-electron chi connectivity index (χ0n) is 49.8. The van der Waals surface area contributed by atoms with E-state index in [2.05, 4.69) is 67.8 Å². The third kappa shape index (κ3) is 58.1. The minimum atomic E-state index is -4.33. The zero-order chi connectivity index (χ0) is 54.2. The first-order valence-electron chi connectivity index (χ1n) is 32.0. The van der Waals surface area contributed by atoms with Gasteiger partial charge in [0, 0.05) is 6.42 Å². The quantitative estimate of drug-likeness (QED) is 0.0243. The van der Waals surface area contributed by atoms with Gasteiger partial charge in [-0.15, -0.1) is 0 Å². The normalized spacial score (nSPS) is 14.1. The van der Waals surface area contributed by atoms with Crippen LogP contribution in [0.5, 0.6) is 0 Å². The van der Waals surface area contributed by atoms with Crippen LogP contribution in [0.4, 0.5) is 0 Å². The van der Waals surface area contributed by atoms with Crippen LogP contribution < -0.4 is 5.32 Å². The molecule has 9 heteroatoms. The molecule has 0 saturated heterocycles. The molecule has 0 aliphatic rings. The van der Waals surface area contributed by atoms with Gasteiger partial charge in [0.15, 0.2) is 0 Å². The maximum absolute atomic E-state index is 13.0. The third-order valence-electron chi connectivity index (χ3n) is 14.6. The number of phosphoric acid groups is 1. The summed E-state index contributed by atoms with van der Waals surface area (Å²) in [7, 11) is 1.62. The van der Waals surface area contributed by atoms with Crippen molar-refractivity contribution in [1.82, 2.24) is 5.32 Å². The van der Waals surface area contributed by atoms with Gasteiger partial charge < -0.3 is 19.8 Å². The molecule has 3 N–H and O–H groups in total. The number of nitrogens with zero attached hydrogens (tertiary/aromatic N) is 1. The second-order valence-electron chi connectivity index (χ2n) is 23.1. The maximum Gasteiger partial charge on any atom is 0.472 e. The molecule has 0 rings (SSSR count).